The monoisotopic (exact) mass is 183 g/mol. The Balaban J connectivity index is 2.84. The third-order valence-corrected chi connectivity index (χ3v) is 1.20. The Bertz CT molecular complexity index is 349. The van der Waals surface area contributed by atoms with E-state index in [1.807, 2.05) is 0 Å². The first kappa shape index (κ1) is 8.62. The van der Waals surface area contributed by atoms with Gasteiger partial charge in [0.1, 0.15) is 6.20 Å². The summed E-state index contributed by atoms with van der Waals surface area (Å²) in [5.74, 6) is 5.72. The van der Waals surface area contributed by atoms with Gasteiger partial charge in [0.05, 0.1) is 5.75 Å². The molecule has 0 spiro atoms. The predicted molar refractivity (Wildman–Crippen MR) is 46.0 cm³/mol. The third kappa shape index (κ3) is 2.00. The van der Waals surface area contributed by atoms with Crippen molar-refractivity contribution >= 4 is 18.4 Å². The van der Waals surface area contributed by atoms with E-state index >= 15 is 0 Å². The molecule has 0 unspecified atom stereocenters. The molecular weight excluding hydrogens is 178 g/mol. The second kappa shape index (κ2) is 3.78. The van der Waals surface area contributed by atoms with Crippen LogP contribution >= 0.6 is 12.6 Å². The zero-order valence-corrected chi connectivity index (χ0v) is 6.84. The quantitative estimate of drug-likeness (QED) is 0.290. The molecule has 1 N–H and O–H groups in total. The van der Waals surface area contributed by atoms with Gasteiger partial charge in [0.2, 0.25) is 0 Å². The van der Waals surface area contributed by atoms with Gasteiger partial charge in [0.25, 0.3) is 5.82 Å². The van der Waals surface area contributed by atoms with Crippen molar-refractivity contribution in [2.45, 2.75) is 0 Å². The smallest absolute Gasteiger partial charge is 0.341 e. The van der Waals surface area contributed by atoms with E-state index in [-0.39, 0.29) is 11.6 Å². The average molecular weight is 183 g/mol. The highest BCUT2D eigenvalue weighted by molar-refractivity contribution is 7.80. The Morgan fingerprint density at radius 1 is 1.83 bits per heavy atom. The molecule has 0 amide bonds. The molecule has 0 aliphatic heterocycles. The van der Waals surface area contributed by atoms with Crippen molar-refractivity contribution in [1.82, 2.24) is 9.97 Å². The fourth-order valence-electron chi connectivity index (χ4n) is 0.591. The van der Waals surface area contributed by atoms with Crippen molar-refractivity contribution in [2.24, 2.45) is 0 Å². The van der Waals surface area contributed by atoms with Crippen LogP contribution in [-0.4, -0.2) is 20.6 Å². The van der Waals surface area contributed by atoms with Crippen LogP contribution in [0.2, 0.25) is 0 Å². The molecule has 1 heterocycles. The Labute approximate surface area is 73.8 Å². The first-order valence-corrected chi connectivity index (χ1v) is 3.66. The molecule has 0 radical (unpaired) electrons. The summed E-state index contributed by atoms with van der Waals surface area (Å²) < 4.78 is 0. The number of nitrogens with one attached hydrogen (secondary N) is 1. The number of imidazole rings is 1. The van der Waals surface area contributed by atoms with Crippen LogP contribution in [0.5, 0.6) is 0 Å². The summed E-state index contributed by atoms with van der Waals surface area (Å²) in [5, 5.41) is 10.2. The normalized spacial score (nSPS) is 8.75. The summed E-state index contributed by atoms with van der Waals surface area (Å²) >= 11 is 3.85. The van der Waals surface area contributed by atoms with Gasteiger partial charge >= 0.3 is 5.82 Å². The molecule has 12 heavy (non-hydrogen) atoms. The zero-order chi connectivity index (χ0) is 8.97. The number of H-pyrrole nitrogens is 1. The molecule has 62 valence electrons. The number of rotatable bonds is 1. The van der Waals surface area contributed by atoms with Crippen molar-refractivity contribution in [3.8, 4) is 11.8 Å². The van der Waals surface area contributed by atoms with E-state index in [0.29, 0.717) is 5.75 Å². The van der Waals surface area contributed by atoms with Crippen molar-refractivity contribution in [3.05, 3.63) is 22.1 Å². The lowest BCUT2D eigenvalue weighted by Gasteiger charge is -1.83. The van der Waals surface area contributed by atoms with Crippen molar-refractivity contribution < 1.29 is 4.92 Å². The van der Waals surface area contributed by atoms with Gasteiger partial charge in [-0.25, -0.2) is 9.97 Å². The Kier molecular flexibility index (Phi) is 2.71. The molecule has 6 heteroatoms. The highest BCUT2D eigenvalue weighted by Gasteiger charge is 2.06. The van der Waals surface area contributed by atoms with Crippen molar-refractivity contribution in [2.75, 3.05) is 5.75 Å². The lowest BCUT2D eigenvalue weighted by Crippen LogP contribution is -1.86. The van der Waals surface area contributed by atoms with Gasteiger partial charge in [0.15, 0.2) is 0 Å². The summed E-state index contributed by atoms with van der Waals surface area (Å²) in [6.45, 7) is 0. The van der Waals surface area contributed by atoms with Crippen LogP contribution in [0, 0.1) is 22.0 Å². The topological polar surface area (TPSA) is 71.8 Å². The molecule has 0 saturated heterocycles. The van der Waals surface area contributed by atoms with Crippen molar-refractivity contribution in [1.29, 1.82) is 0 Å². The summed E-state index contributed by atoms with van der Waals surface area (Å²) in [5.41, 5.74) is 0. The highest BCUT2D eigenvalue weighted by Crippen LogP contribution is 2.04. The maximum atomic E-state index is 10.2. The molecule has 0 saturated carbocycles. The van der Waals surface area contributed by atoms with E-state index in [4.69, 9.17) is 0 Å². The summed E-state index contributed by atoms with van der Waals surface area (Å²) in [6, 6.07) is 0. The first-order valence-electron chi connectivity index (χ1n) is 3.03. The lowest BCUT2D eigenvalue weighted by molar-refractivity contribution is -0.389. The van der Waals surface area contributed by atoms with Gasteiger partial charge in [-0.2, -0.15) is 12.6 Å². The number of thiol groups is 1. The van der Waals surface area contributed by atoms with Crippen molar-refractivity contribution in [3.63, 3.8) is 0 Å². The molecule has 0 aliphatic rings. The minimum Gasteiger partial charge on any atom is -0.358 e. The molecule has 0 aromatic carbocycles. The summed E-state index contributed by atoms with van der Waals surface area (Å²) in [7, 11) is 0. The van der Waals surface area contributed by atoms with Crippen LogP contribution in [-0.2, 0) is 0 Å². The van der Waals surface area contributed by atoms with E-state index < -0.39 is 4.92 Å². The van der Waals surface area contributed by atoms with E-state index in [2.05, 4.69) is 34.4 Å². The first-order chi connectivity index (χ1) is 5.74. The second-order valence-corrected chi connectivity index (χ2v) is 2.15. The molecule has 1 aromatic heterocycles. The summed E-state index contributed by atoms with van der Waals surface area (Å²) in [6.07, 6.45) is 1.13. The minimum absolute atomic E-state index is 0.154. The number of aromatic nitrogens is 2. The zero-order valence-electron chi connectivity index (χ0n) is 5.94. The van der Waals surface area contributed by atoms with Gasteiger partial charge in [-0.1, -0.05) is 5.92 Å². The van der Waals surface area contributed by atoms with E-state index in [1.54, 1.807) is 0 Å². The molecule has 1 rings (SSSR count). The van der Waals surface area contributed by atoms with Gasteiger partial charge in [-0.05, 0) is 10.8 Å². The van der Waals surface area contributed by atoms with Crippen LogP contribution < -0.4 is 0 Å². The molecule has 5 nitrogen and oxygen atoms in total. The largest absolute Gasteiger partial charge is 0.358 e. The Hall–Kier alpha value is -1.48. The second-order valence-electron chi connectivity index (χ2n) is 1.83. The van der Waals surface area contributed by atoms with E-state index in [0.717, 1.165) is 6.20 Å². The maximum Gasteiger partial charge on any atom is 0.341 e. The fraction of sp³-hybridized carbons (Fsp3) is 0.167. The van der Waals surface area contributed by atoms with Crippen LogP contribution in [0.15, 0.2) is 6.20 Å². The number of hydrogen-bond acceptors (Lipinski definition) is 4. The average Bonchev–Trinajstić information content (AvgIpc) is 2.48. The van der Waals surface area contributed by atoms with E-state index in [1.165, 1.54) is 0 Å². The number of aromatic amines is 1. The number of nitrogens with zero attached hydrogens (tertiary/aromatic N) is 2. The van der Waals surface area contributed by atoms with Crippen LogP contribution in [0.25, 0.3) is 0 Å². The third-order valence-electron chi connectivity index (χ3n) is 1.04. The molecule has 0 fully saturated rings. The Morgan fingerprint density at radius 2 is 2.58 bits per heavy atom. The van der Waals surface area contributed by atoms with Crippen LogP contribution in [0.3, 0.4) is 0 Å². The van der Waals surface area contributed by atoms with Gasteiger partial charge in [-0.3, -0.25) is 0 Å². The molecule has 0 bridgehead atoms. The van der Waals surface area contributed by atoms with Gasteiger partial charge in [0, 0.05) is 0 Å². The lowest BCUT2D eigenvalue weighted by atomic mass is 10.6. The molecular formula is C6H5N3O2S. The van der Waals surface area contributed by atoms with Gasteiger partial charge in [-0.15, -0.1) is 0 Å². The molecule has 0 atom stereocenters. The standard InChI is InChI=1S/C6H5N3O2S/c10-9(11)6-4-7-5(8-6)2-1-3-12/h4,12H,3H2,(H,7,8). The predicted octanol–water partition coefficient (Wildman–Crippen LogP) is 0.599. The number of nitro groups is 1. The Morgan fingerprint density at radius 3 is 3.08 bits per heavy atom. The highest BCUT2D eigenvalue weighted by atomic mass is 32.1. The van der Waals surface area contributed by atoms with Gasteiger partial charge < -0.3 is 10.1 Å². The maximum absolute atomic E-state index is 10.2. The van der Waals surface area contributed by atoms with E-state index in [9.17, 15) is 10.1 Å². The fourth-order valence-corrected chi connectivity index (χ4v) is 0.670. The number of hydrogen-bond donors (Lipinski definition) is 2. The molecule has 0 aliphatic carbocycles. The van der Waals surface area contributed by atoms with Crippen LogP contribution in [0.4, 0.5) is 5.82 Å². The van der Waals surface area contributed by atoms with Crippen LogP contribution in [0.1, 0.15) is 5.82 Å². The SMILES string of the molecule is O=[N+]([O-])c1cnc(C#CCS)[nH]1. The summed E-state index contributed by atoms with van der Waals surface area (Å²) in [4.78, 5) is 15.7. The molecule has 1 aromatic rings. The minimum atomic E-state index is -0.557.